The van der Waals surface area contributed by atoms with Crippen LogP contribution >= 0.6 is 0 Å². The first-order valence-corrected chi connectivity index (χ1v) is 7.02. The van der Waals surface area contributed by atoms with Crippen LogP contribution in [0.1, 0.15) is 46.2 Å². The molecular formula is C15H27N3O. The molecule has 0 amide bonds. The molecule has 0 aromatic carbocycles. The number of hydrogen-bond acceptors (Lipinski definition) is 4. The van der Waals surface area contributed by atoms with Gasteiger partial charge in [-0.3, -0.25) is 4.90 Å². The Kier molecular flexibility index (Phi) is 6.25. The van der Waals surface area contributed by atoms with Crippen LogP contribution in [-0.2, 0) is 0 Å². The summed E-state index contributed by atoms with van der Waals surface area (Å²) >= 11 is 0. The van der Waals surface area contributed by atoms with Gasteiger partial charge in [-0.15, -0.1) is 0 Å². The molecule has 0 radical (unpaired) electrons. The highest BCUT2D eigenvalue weighted by atomic mass is 16.5. The first kappa shape index (κ1) is 15.9. The molecule has 19 heavy (non-hydrogen) atoms. The lowest BCUT2D eigenvalue weighted by molar-refractivity contribution is 0.139. The Morgan fingerprint density at radius 2 is 1.84 bits per heavy atom. The molecule has 108 valence electrons. The van der Waals surface area contributed by atoms with Crippen LogP contribution in [0.15, 0.2) is 18.3 Å². The minimum absolute atomic E-state index is 0.0602. The van der Waals surface area contributed by atoms with Gasteiger partial charge in [0.05, 0.1) is 0 Å². The van der Waals surface area contributed by atoms with Crippen LogP contribution < -0.4 is 10.5 Å². The summed E-state index contributed by atoms with van der Waals surface area (Å²) in [5, 5.41) is 0. The molecular weight excluding hydrogens is 238 g/mol. The number of pyridine rings is 1. The Hall–Kier alpha value is -1.13. The highest BCUT2D eigenvalue weighted by Crippen LogP contribution is 2.20. The molecule has 1 aromatic rings. The van der Waals surface area contributed by atoms with E-state index in [1.807, 2.05) is 19.1 Å². The molecule has 0 saturated heterocycles. The van der Waals surface area contributed by atoms with Crippen LogP contribution in [0, 0.1) is 0 Å². The molecule has 0 aliphatic heterocycles. The van der Waals surface area contributed by atoms with Crippen molar-refractivity contribution in [3.05, 3.63) is 23.9 Å². The van der Waals surface area contributed by atoms with Gasteiger partial charge in [0.15, 0.2) is 0 Å². The van der Waals surface area contributed by atoms with Gasteiger partial charge in [0.2, 0.25) is 5.88 Å². The third kappa shape index (κ3) is 4.80. The fourth-order valence-corrected chi connectivity index (χ4v) is 2.23. The number of nitrogens with zero attached hydrogens (tertiary/aromatic N) is 2. The second-order valence-electron chi connectivity index (χ2n) is 5.46. The second kappa shape index (κ2) is 7.46. The van der Waals surface area contributed by atoms with Gasteiger partial charge < -0.3 is 10.5 Å². The number of hydrogen-bond donors (Lipinski definition) is 1. The summed E-state index contributed by atoms with van der Waals surface area (Å²) in [6.07, 6.45) is 1.74. The Morgan fingerprint density at radius 3 is 2.37 bits per heavy atom. The quantitative estimate of drug-likeness (QED) is 0.823. The van der Waals surface area contributed by atoms with Gasteiger partial charge in [-0.2, -0.15) is 0 Å². The highest BCUT2D eigenvalue weighted by molar-refractivity contribution is 5.28. The number of rotatable bonds is 7. The Morgan fingerprint density at radius 1 is 1.21 bits per heavy atom. The minimum Gasteiger partial charge on any atom is -0.476 e. The summed E-state index contributed by atoms with van der Waals surface area (Å²) in [4.78, 5) is 6.66. The molecule has 1 aromatic heterocycles. The molecule has 0 spiro atoms. The molecule has 0 saturated carbocycles. The van der Waals surface area contributed by atoms with E-state index < -0.39 is 0 Å². The van der Waals surface area contributed by atoms with Gasteiger partial charge in [0.1, 0.15) is 6.61 Å². The van der Waals surface area contributed by atoms with E-state index in [0.717, 1.165) is 12.1 Å². The fourth-order valence-electron chi connectivity index (χ4n) is 2.23. The van der Waals surface area contributed by atoms with Gasteiger partial charge >= 0.3 is 0 Å². The van der Waals surface area contributed by atoms with Crippen molar-refractivity contribution >= 4 is 0 Å². The average Bonchev–Trinajstić information content (AvgIpc) is 2.33. The smallest absolute Gasteiger partial charge is 0.218 e. The van der Waals surface area contributed by atoms with E-state index in [9.17, 15) is 0 Å². The zero-order chi connectivity index (χ0) is 14.4. The van der Waals surface area contributed by atoms with E-state index in [-0.39, 0.29) is 6.04 Å². The van der Waals surface area contributed by atoms with Gasteiger partial charge in [-0.25, -0.2) is 4.98 Å². The van der Waals surface area contributed by atoms with Crippen molar-refractivity contribution in [1.82, 2.24) is 9.88 Å². The SMILES string of the molecule is CC(C)N(CCOc1ncccc1[C@H](C)N)C(C)C. The summed E-state index contributed by atoms with van der Waals surface area (Å²) in [7, 11) is 0. The average molecular weight is 265 g/mol. The Bertz CT molecular complexity index is 369. The molecule has 0 aliphatic carbocycles. The third-order valence-electron chi connectivity index (χ3n) is 3.21. The van der Waals surface area contributed by atoms with Gasteiger partial charge in [0, 0.05) is 36.4 Å². The van der Waals surface area contributed by atoms with Crippen LogP contribution in [-0.4, -0.2) is 35.1 Å². The van der Waals surface area contributed by atoms with Crippen LogP contribution in [0.25, 0.3) is 0 Å². The van der Waals surface area contributed by atoms with Crippen LogP contribution in [0.3, 0.4) is 0 Å². The number of nitrogens with two attached hydrogens (primary N) is 1. The molecule has 2 N–H and O–H groups in total. The summed E-state index contributed by atoms with van der Waals surface area (Å²) in [5.74, 6) is 0.657. The standard InChI is InChI=1S/C15H27N3O/c1-11(2)18(12(3)4)9-10-19-15-14(13(5)16)7-6-8-17-15/h6-8,11-13H,9-10,16H2,1-5H3/t13-/m0/s1. The number of ether oxygens (including phenoxy) is 1. The second-order valence-corrected chi connectivity index (χ2v) is 5.46. The monoisotopic (exact) mass is 265 g/mol. The zero-order valence-corrected chi connectivity index (χ0v) is 12.8. The summed E-state index contributed by atoms with van der Waals surface area (Å²) in [6, 6.07) is 4.82. The maximum atomic E-state index is 5.91. The molecule has 1 atom stereocenters. The molecule has 0 fully saturated rings. The molecule has 4 nitrogen and oxygen atoms in total. The molecule has 1 rings (SSSR count). The van der Waals surface area contributed by atoms with E-state index in [4.69, 9.17) is 10.5 Å². The molecule has 0 aliphatic rings. The Balaban J connectivity index is 2.58. The molecule has 1 heterocycles. The summed E-state index contributed by atoms with van der Waals surface area (Å²) < 4.78 is 5.80. The van der Waals surface area contributed by atoms with E-state index in [2.05, 4.69) is 37.6 Å². The van der Waals surface area contributed by atoms with E-state index >= 15 is 0 Å². The van der Waals surface area contributed by atoms with Crippen molar-refractivity contribution in [3.63, 3.8) is 0 Å². The van der Waals surface area contributed by atoms with E-state index in [0.29, 0.717) is 24.6 Å². The predicted molar refractivity (Wildman–Crippen MR) is 79.3 cm³/mol. The lowest BCUT2D eigenvalue weighted by atomic mass is 10.1. The normalized spacial score (nSPS) is 13.3. The zero-order valence-electron chi connectivity index (χ0n) is 12.8. The summed E-state index contributed by atoms with van der Waals surface area (Å²) in [5.41, 5.74) is 6.87. The van der Waals surface area contributed by atoms with Crippen LogP contribution in [0.2, 0.25) is 0 Å². The topological polar surface area (TPSA) is 51.4 Å². The van der Waals surface area contributed by atoms with Crippen LogP contribution in [0.4, 0.5) is 0 Å². The van der Waals surface area contributed by atoms with E-state index in [1.54, 1.807) is 6.20 Å². The van der Waals surface area contributed by atoms with Gasteiger partial charge in [-0.05, 0) is 40.7 Å². The van der Waals surface area contributed by atoms with Crippen molar-refractivity contribution in [1.29, 1.82) is 0 Å². The maximum Gasteiger partial charge on any atom is 0.218 e. The van der Waals surface area contributed by atoms with E-state index in [1.165, 1.54) is 0 Å². The van der Waals surface area contributed by atoms with Crippen molar-refractivity contribution in [2.24, 2.45) is 5.73 Å². The highest BCUT2D eigenvalue weighted by Gasteiger charge is 2.14. The maximum absolute atomic E-state index is 5.91. The fraction of sp³-hybridized carbons (Fsp3) is 0.667. The molecule has 0 bridgehead atoms. The lowest BCUT2D eigenvalue weighted by Gasteiger charge is -2.30. The summed E-state index contributed by atoms with van der Waals surface area (Å²) in [6.45, 7) is 12.3. The molecule has 4 heteroatoms. The van der Waals surface area contributed by atoms with Gasteiger partial charge in [-0.1, -0.05) is 6.07 Å². The third-order valence-corrected chi connectivity index (χ3v) is 3.21. The van der Waals surface area contributed by atoms with Crippen molar-refractivity contribution < 1.29 is 4.74 Å². The lowest BCUT2D eigenvalue weighted by Crippen LogP contribution is -2.39. The molecule has 0 unspecified atom stereocenters. The van der Waals surface area contributed by atoms with Crippen molar-refractivity contribution in [2.75, 3.05) is 13.2 Å². The minimum atomic E-state index is -0.0602. The first-order chi connectivity index (χ1) is 8.93. The van der Waals surface area contributed by atoms with Crippen molar-refractivity contribution in [3.8, 4) is 5.88 Å². The van der Waals surface area contributed by atoms with Crippen LogP contribution in [0.5, 0.6) is 5.88 Å². The number of aromatic nitrogens is 1. The largest absolute Gasteiger partial charge is 0.476 e. The first-order valence-electron chi connectivity index (χ1n) is 7.02. The van der Waals surface area contributed by atoms with Gasteiger partial charge in [0.25, 0.3) is 0 Å². The predicted octanol–water partition coefficient (Wildman–Crippen LogP) is 2.60. The van der Waals surface area contributed by atoms with Crippen molar-refractivity contribution in [2.45, 2.75) is 52.7 Å². The Labute approximate surface area is 117 Å².